The van der Waals surface area contributed by atoms with Crippen molar-refractivity contribution < 1.29 is 21.9 Å². The summed E-state index contributed by atoms with van der Waals surface area (Å²) in [5.74, 6) is -2.73. The predicted molar refractivity (Wildman–Crippen MR) is 80.0 cm³/mol. The highest BCUT2D eigenvalue weighted by Crippen LogP contribution is 2.32. The lowest BCUT2D eigenvalue weighted by Crippen LogP contribution is -2.36. The van der Waals surface area contributed by atoms with Crippen molar-refractivity contribution in [1.82, 2.24) is 4.98 Å². The molecule has 1 aliphatic rings. The molecule has 0 amide bonds. The molecule has 8 heteroatoms. The zero-order chi connectivity index (χ0) is 16.6. The predicted octanol–water partition coefficient (Wildman–Crippen LogP) is 2.51. The summed E-state index contributed by atoms with van der Waals surface area (Å²) in [5.41, 5.74) is 1.09. The maximum atomic E-state index is 13.8. The Labute approximate surface area is 132 Å². The van der Waals surface area contributed by atoms with Crippen molar-refractivity contribution >= 4 is 15.7 Å². The summed E-state index contributed by atoms with van der Waals surface area (Å²) in [6, 6.07) is 4.79. The number of methoxy groups -OCH3 is 1. The molecule has 122 valence electrons. The third-order valence-electron chi connectivity index (χ3n) is 3.67. The average molecular weight is 340 g/mol. The van der Waals surface area contributed by atoms with E-state index < -0.39 is 32.3 Å². The van der Waals surface area contributed by atoms with Gasteiger partial charge in [-0.3, -0.25) is 9.29 Å². The van der Waals surface area contributed by atoms with E-state index in [2.05, 4.69) is 9.72 Å². The van der Waals surface area contributed by atoms with Crippen LogP contribution in [0.2, 0.25) is 0 Å². The van der Waals surface area contributed by atoms with Gasteiger partial charge >= 0.3 is 0 Å². The van der Waals surface area contributed by atoms with E-state index in [-0.39, 0.29) is 6.54 Å². The first kappa shape index (κ1) is 15.7. The number of ether oxygens (including phenoxy) is 1. The number of halogens is 2. The van der Waals surface area contributed by atoms with Gasteiger partial charge in [0.15, 0.2) is 17.4 Å². The van der Waals surface area contributed by atoms with Crippen molar-refractivity contribution in [2.24, 2.45) is 0 Å². The smallest absolute Gasteiger partial charge is 0.264 e. The summed E-state index contributed by atoms with van der Waals surface area (Å²) < 4.78 is 59.0. The molecule has 0 radical (unpaired) electrons. The maximum Gasteiger partial charge on any atom is 0.264 e. The van der Waals surface area contributed by atoms with Gasteiger partial charge < -0.3 is 4.74 Å². The van der Waals surface area contributed by atoms with Gasteiger partial charge in [-0.1, -0.05) is 0 Å². The molecule has 0 saturated heterocycles. The van der Waals surface area contributed by atoms with Crippen LogP contribution in [-0.2, 0) is 16.4 Å². The Morgan fingerprint density at radius 3 is 2.61 bits per heavy atom. The number of aromatic nitrogens is 1. The van der Waals surface area contributed by atoms with Crippen molar-refractivity contribution in [3.63, 3.8) is 0 Å². The van der Waals surface area contributed by atoms with Gasteiger partial charge in [0, 0.05) is 12.7 Å². The highest BCUT2D eigenvalue weighted by Gasteiger charge is 2.31. The summed E-state index contributed by atoms with van der Waals surface area (Å²) in [6.45, 7) is 0.232. The van der Waals surface area contributed by atoms with Gasteiger partial charge in [0.05, 0.1) is 23.4 Å². The number of hydrogen-bond acceptors (Lipinski definition) is 4. The van der Waals surface area contributed by atoms with Gasteiger partial charge in [-0.05, 0) is 37.1 Å². The van der Waals surface area contributed by atoms with Gasteiger partial charge in [-0.15, -0.1) is 0 Å². The van der Waals surface area contributed by atoms with E-state index in [1.54, 1.807) is 18.3 Å². The minimum atomic E-state index is -4.09. The van der Waals surface area contributed by atoms with Crippen LogP contribution in [0.3, 0.4) is 0 Å². The Morgan fingerprint density at radius 1 is 1.26 bits per heavy atom. The van der Waals surface area contributed by atoms with Crippen LogP contribution in [-0.4, -0.2) is 27.1 Å². The van der Waals surface area contributed by atoms with Crippen LogP contribution < -0.4 is 9.04 Å². The minimum Gasteiger partial charge on any atom is -0.491 e. The van der Waals surface area contributed by atoms with E-state index in [0.29, 0.717) is 24.2 Å². The number of anilines is 1. The van der Waals surface area contributed by atoms with Gasteiger partial charge in [-0.2, -0.15) is 0 Å². The first-order valence-corrected chi connectivity index (χ1v) is 8.39. The van der Waals surface area contributed by atoms with Crippen LogP contribution in [0.4, 0.5) is 14.5 Å². The number of aryl methyl sites for hydroxylation is 1. The van der Waals surface area contributed by atoms with Gasteiger partial charge in [0.25, 0.3) is 10.0 Å². The molecule has 1 aliphatic heterocycles. The van der Waals surface area contributed by atoms with E-state index in [1.165, 1.54) is 0 Å². The number of pyridine rings is 1. The molecule has 3 rings (SSSR count). The molecule has 1 aromatic carbocycles. The van der Waals surface area contributed by atoms with Crippen LogP contribution in [0.15, 0.2) is 35.4 Å². The first-order chi connectivity index (χ1) is 10.9. The Bertz CT molecular complexity index is 833. The highest BCUT2D eigenvalue weighted by atomic mass is 32.2. The second kappa shape index (κ2) is 5.77. The Morgan fingerprint density at radius 2 is 1.96 bits per heavy atom. The lowest BCUT2D eigenvalue weighted by atomic mass is 10.1. The van der Waals surface area contributed by atoms with Crippen molar-refractivity contribution in [1.29, 1.82) is 0 Å². The molecule has 0 saturated carbocycles. The second-order valence-corrected chi connectivity index (χ2v) is 6.93. The molecule has 0 fully saturated rings. The SMILES string of the molecule is COc1c(F)cc(S(=O)(=O)N2CCCc3ncccc32)cc1F. The summed E-state index contributed by atoms with van der Waals surface area (Å²) in [7, 11) is -2.97. The lowest BCUT2D eigenvalue weighted by molar-refractivity contribution is 0.358. The third kappa shape index (κ3) is 2.63. The van der Waals surface area contributed by atoms with Crippen molar-refractivity contribution in [2.45, 2.75) is 17.7 Å². The summed E-state index contributed by atoms with van der Waals surface area (Å²) in [5, 5.41) is 0. The van der Waals surface area contributed by atoms with E-state index in [9.17, 15) is 17.2 Å². The zero-order valence-electron chi connectivity index (χ0n) is 12.3. The maximum absolute atomic E-state index is 13.8. The normalized spacial score (nSPS) is 14.5. The number of rotatable bonds is 3. The lowest BCUT2D eigenvalue weighted by Gasteiger charge is -2.29. The molecule has 23 heavy (non-hydrogen) atoms. The molecule has 2 heterocycles. The number of fused-ring (bicyclic) bond motifs is 1. The Kier molecular flexibility index (Phi) is 3.93. The van der Waals surface area contributed by atoms with Gasteiger partial charge in [0.2, 0.25) is 0 Å². The molecule has 0 bridgehead atoms. The van der Waals surface area contributed by atoms with Crippen LogP contribution >= 0.6 is 0 Å². The standard InChI is InChI=1S/C15H14F2N2O3S/c1-22-15-11(16)8-10(9-12(15)17)23(20,21)19-7-3-4-13-14(19)5-2-6-18-13/h2,5-6,8-9H,3-4,7H2,1H3. The molecule has 0 atom stereocenters. The zero-order valence-corrected chi connectivity index (χ0v) is 13.1. The van der Waals surface area contributed by atoms with Crippen LogP contribution in [0.25, 0.3) is 0 Å². The summed E-state index contributed by atoms with van der Waals surface area (Å²) >= 11 is 0. The fourth-order valence-electron chi connectivity index (χ4n) is 2.62. The topological polar surface area (TPSA) is 59.5 Å². The highest BCUT2D eigenvalue weighted by molar-refractivity contribution is 7.92. The van der Waals surface area contributed by atoms with Gasteiger partial charge in [0.1, 0.15) is 0 Å². The molecule has 1 aromatic heterocycles. The number of benzene rings is 1. The molecular formula is C15H14F2N2O3S. The van der Waals surface area contributed by atoms with Crippen LogP contribution in [0.1, 0.15) is 12.1 Å². The van der Waals surface area contributed by atoms with Gasteiger partial charge in [-0.25, -0.2) is 17.2 Å². The largest absolute Gasteiger partial charge is 0.491 e. The number of sulfonamides is 1. The monoisotopic (exact) mass is 340 g/mol. The first-order valence-electron chi connectivity index (χ1n) is 6.95. The van der Waals surface area contributed by atoms with Crippen molar-refractivity contribution in [3.05, 3.63) is 47.8 Å². The molecule has 0 spiro atoms. The summed E-state index contributed by atoms with van der Waals surface area (Å²) in [6.07, 6.45) is 2.83. The average Bonchev–Trinajstić information content (AvgIpc) is 2.54. The van der Waals surface area contributed by atoms with E-state index in [4.69, 9.17) is 0 Å². The number of hydrogen-bond donors (Lipinski definition) is 0. The fraction of sp³-hybridized carbons (Fsp3) is 0.267. The molecule has 0 unspecified atom stereocenters. The minimum absolute atomic E-state index is 0.232. The van der Waals surface area contributed by atoms with Crippen LogP contribution in [0, 0.1) is 11.6 Å². The van der Waals surface area contributed by atoms with E-state index in [1.807, 2.05) is 0 Å². The fourth-order valence-corrected chi connectivity index (χ4v) is 4.17. The Balaban J connectivity index is 2.10. The molecule has 2 aromatic rings. The second-order valence-electron chi connectivity index (χ2n) is 5.07. The van der Waals surface area contributed by atoms with E-state index in [0.717, 1.165) is 23.5 Å². The molecule has 5 nitrogen and oxygen atoms in total. The molecule has 0 aliphatic carbocycles. The number of nitrogens with zero attached hydrogens (tertiary/aromatic N) is 2. The Hall–Kier alpha value is -2.22. The van der Waals surface area contributed by atoms with Crippen molar-refractivity contribution in [2.75, 3.05) is 18.0 Å². The van der Waals surface area contributed by atoms with Crippen molar-refractivity contribution in [3.8, 4) is 5.75 Å². The van der Waals surface area contributed by atoms with Crippen LogP contribution in [0.5, 0.6) is 5.75 Å². The third-order valence-corrected chi connectivity index (χ3v) is 5.46. The quantitative estimate of drug-likeness (QED) is 0.861. The van der Waals surface area contributed by atoms with E-state index >= 15 is 0 Å². The molecule has 0 N–H and O–H groups in total. The molecular weight excluding hydrogens is 326 g/mol. The summed E-state index contributed by atoms with van der Waals surface area (Å²) in [4.78, 5) is 3.71.